The Balaban J connectivity index is 2.58. The monoisotopic (exact) mass is 240 g/mol. The molecule has 80 valence electrons. The van der Waals surface area contributed by atoms with Crippen molar-refractivity contribution in [2.75, 3.05) is 5.75 Å². The van der Waals surface area contributed by atoms with Crippen molar-refractivity contribution in [3.8, 4) is 0 Å². The molecule has 0 spiro atoms. The molecule has 0 fully saturated rings. The van der Waals surface area contributed by atoms with E-state index in [0.717, 1.165) is 33.2 Å². The molecule has 2 rings (SSSR count). The van der Waals surface area contributed by atoms with Crippen molar-refractivity contribution in [1.29, 1.82) is 0 Å². The third-order valence-corrected chi connectivity index (χ3v) is 4.23. The molecular formula is C12H13ClOS. The Kier molecular flexibility index (Phi) is 3.08. The van der Waals surface area contributed by atoms with Crippen LogP contribution in [0.15, 0.2) is 12.1 Å². The standard InChI is InChI=1S/C12H13ClOS/c1-7-3-9-10(11(13)4-7)6-15-5-8(2)12(9)14/h3-4,8H,5-6H2,1-2H3. The molecule has 1 unspecified atom stereocenters. The molecule has 1 heterocycles. The number of carbonyl (C=O) groups is 1. The number of hydrogen-bond acceptors (Lipinski definition) is 2. The third-order valence-electron chi connectivity index (χ3n) is 2.67. The molecule has 1 aliphatic rings. The highest BCUT2D eigenvalue weighted by Crippen LogP contribution is 2.32. The highest BCUT2D eigenvalue weighted by Gasteiger charge is 2.23. The van der Waals surface area contributed by atoms with E-state index in [-0.39, 0.29) is 11.7 Å². The predicted octanol–water partition coefficient (Wildman–Crippen LogP) is 3.71. The van der Waals surface area contributed by atoms with Gasteiger partial charge in [0, 0.05) is 28.0 Å². The zero-order chi connectivity index (χ0) is 11.0. The van der Waals surface area contributed by atoms with Crippen LogP contribution in [-0.2, 0) is 5.75 Å². The fourth-order valence-corrected chi connectivity index (χ4v) is 3.38. The Morgan fingerprint density at radius 3 is 2.93 bits per heavy atom. The molecule has 1 atom stereocenters. The topological polar surface area (TPSA) is 17.1 Å². The summed E-state index contributed by atoms with van der Waals surface area (Å²) in [6.45, 7) is 3.96. The molecule has 0 bridgehead atoms. The molecule has 15 heavy (non-hydrogen) atoms. The van der Waals surface area contributed by atoms with Crippen molar-refractivity contribution in [3.63, 3.8) is 0 Å². The van der Waals surface area contributed by atoms with E-state index >= 15 is 0 Å². The summed E-state index contributed by atoms with van der Waals surface area (Å²) in [6, 6.07) is 3.90. The lowest BCUT2D eigenvalue weighted by Gasteiger charge is -2.09. The number of hydrogen-bond donors (Lipinski definition) is 0. The molecular weight excluding hydrogens is 228 g/mol. The lowest BCUT2D eigenvalue weighted by Crippen LogP contribution is -2.13. The van der Waals surface area contributed by atoms with Crippen LogP contribution in [0.2, 0.25) is 5.02 Å². The summed E-state index contributed by atoms with van der Waals surface area (Å²) < 4.78 is 0. The number of carbonyl (C=O) groups excluding carboxylic acids is 1. The Morgan fingerprint density at radius 1 is 1.47 bits per heavy atom. The largest absolute Gasteiger partial charge is 0.294 e. The van der Waals surface area contributed by atoms with Gasteiger partial charge in [0.25, 0.3) is 0 Å². The zero-order valence-electron chi connectivity index (χ0n) is 8.84. The van der Waals surface area contributed by atoms with E-state index in [9.17, 15) is 4.79 Å². The minimum absolute atomic E-state index is 0.106. The first-order valence-corrected chi connectivity index (χ1v) is 6.54. The van der Waals surface area contributed by atoms with Crippen LogP contribution in [-0.4, -0.2) is 11.5 Å². The van der Waals surface area contributed by atoms with Gasteiger partial charge in [-0.15, -0.1) is 0 Å². The lowest BCUT2D eigenvalue weighted by molar-refractivity contribution is 0.0942. The van der Waals surface area contributed by atoms with Gasteiger partial charge in [0.15, 0.2) is 5.78 Å². The molecule has 1 aromatic rings. The summed E-state index contributed by atoms with van der Waals surface area (Å²) in [5, 5.41) is 0.736. The van der Waals surface area contributed by atoms with Crippen molar-refractivity contribution >= 4 is 29.1 Å². The number of ketones is 1. The highest BCUT2D eigenvalue weighted by atomic mass is 35.5. The molecule has 0 N–H and O–H groups in total. The molecule has 3 heteroatoms. The summed E-state index contributed by atoms with van der Waals surface area (Å²) in [5.41, 5.74) is 2.91. The molecule has 0 radical (unpaired) electrons. The van der Waals surface area contributed by atoms with Crippen LogP contribution in [0.25, 0.3) is 0 Å². The molecule has 1 nitrogen and oxygen atoms in total. The van der Waals surface area contributed by atoms with Gasteiger partial charge in [-0.05, 0) is 30.2 Å². The summed E-state index contributed by atoms with van der Waals surface area (Å²) in [6.07, 6.45) is 0. The quantitative estimate of drug-likeness (QED) is 0.688. The average Bonchev–Trinajstić information content (AvgIpc) is 2.30. The van der Waals surface area contributed by atoms with E-state index in [0.29, 0.717) is 0 Å². The Bertz CT molecular complexity index is 414. The zero-order valence-corrected chi connectivity index (χ0v) is 10.4. The van der Waals surface area contributed by atoms with Crippen LogP contribution >= 0.6 is 23.4 Å². The van der Waals surface area contributed by atoms with E-state index in [1.165, 1.54) is 0 Å². The average molecular weight is 241 g/mol. The predicted molar refractivity (Wildman–Crippen MR) is 65.8 cm³/mol. The molecule has 1 aliphatic heterocycles. The Hall–Kier alpha value is -0.470. The summed E-state index contributed by atoms with van der Waals surface area (Å²) in [5.74, 6) is 2.09. The van der Waals surface area contributed by atoms with Crippen molar-refractivity contribution in [3.05, 3.63) is 33.8 Å². The summed E-state index contributed by atoms with van der Waals surface area (Å²) >= 11 is 7.95. The van der Waals surface area contributed by atoms with Crippen LogP contribution < -0.4 is 0 Å². The number of aryl methyl sites for hydroxylation is 1. The van der Waals surface area contributed by atoms with E-state index in [2.05, 4.69) is 0 Å². The SMILES string of the molecule is Cc1cc(Cl)c2c(c1)C(=O)C(C)CSC2. The number of Topliss-reactive ketones (excluding diaryl/α,β-unsaturated/α-hetero) is 1. The first-order chi connectivity index (χ1) is 7.09. The van der Waals surface area contributed by atoms with Crippen LogP contribution in [0, 0.1) is 12.8 Å². The maximum atomic E-state index is 12.1. The molecule has 0 amide bonds. The summed E-state index contributed by atoms with van der Waals surface area (Å²) in [7, 11) is 0. The van der Waals surface area contributed by atoms with Gasteiger partial charge < -0.3 is 0 Å². The van der Waals surface area contributed by atoms with Gasteiger partial charge >= 0.3 is 0 Å². The van der Waals surface area contributed by atoms with Crippen molar-refractivity contribution in [2.45, 2.75) is 19.6 Å². The van der Waals surface area contributed by atoms with Crippen molar-refractivity contribution in [2.24, 2.45) is 5.92 Å². The maximum Gasteiger partial charge on any atom is 0.166 e. The number of rotatable bonds is 0. The van der Waals surface area contributed by atoms with Crippen LogP contribution in [0.3, 0.4) is 0 Å². The van der Waals surface area contributed by atoms with Gasteiger partial charge in [0.05, 0.1) is 0 Å². The van der Waals surface area contributed by atoms with Crippen LogP contribution in [0.1, 0.15) is 28.4 Å². The van der Waals surface area contributed by atoms with Gasteiger partial charge in [0.1, 0.15) is 0 Å². The fraction of sp³-hybridized carbons (Fsp3) is 0.417. The van der Waals surface area contributed by atoms with E-state index in [4.69, 9.17) is 11.6 Å². The maximum absolute atomic E-state index is 12.1. The summed E-state index contributed by atoms with van der Waals surface area (Å²) in [4.78, 5) is 12.1. The van der Waals surface area contributed by atoms with Gasteiger partial charge in [-0.2, -0.15) is 11.8 Å². The first kappa shape index (κ1) is 11.0. The van der Waals surface area contributed by atoms with Gasteiger partial charge in [-0.25, -0.2) is 0 Å². The Morgan fingerprint density at radius 2 is 2.20 bits per heavy atom. The number of benzene rings is 1. The van der Waals surface area contributed by atoms with E-state index in [1.807, 2.05) is 26.0 Å². The third kappa shape index (κ3) is 2.06. The minimum atomic E-state index is 0.106. The molecule has 1 aromatic carbocycles. The fourth-order valence-electron chi connectivity index (χ4n) is 1.82. The second kappa shape index (κ2) is 4.18. The smallest absolute Gasteiger partial charge is 0.166 e. The molecule has 0 aliphatic carbocycles. The van der Waals surface area contributed by atoms with E-state index in [1.54, 1.807) is 11.8 Å². The number of halogens is 1. The molecule has 0 saturated heterocycles. The molecule has 0 saturated carbocycles. The first-order valence-electron chi connectivity index (χ1n) is 5.00. The van der Waals surface area contributed by atoms with Crippen LogP contribution in [0.4, 0.5) is 0 Å². The number of fused-ring (bicyclic) bond motifs is 1. The second-order valence-corrected chi connectivity index (χ2v) is 5.49. The van der Waals surface area contributed by atoms with Crippen molar-refractivity contribution in [1.82, 2.24) is 0 Å². The van der Waals surface area contributed by atoms with Crippen LogP contribution in [0.5, 0.6) is 0 Å². The Labute approximate surface area is 99.2 Å². The van der Waals surface area contributed by atoms with Gasteiger partial charge in [-0.3, -0.25) is 4.79 Å². The normalized spacial score (nSPS) is 21.0. The second-order valence-electron chi connectivity index (χ2n) is 4.05. The van der Waals surface area contributed by atoms with E-state index < -0.39 is 0 Å². The van der Waals surface area contributed by atoms with Crippen molar-refractivity contribution < 1.29 is 4.79 Å². The minimum Gasteiger partial charge on any atom is -0.294 e. The molecule has 0 aromatic heterocycles. The number of thioether (sulfide) groups is 1. The van der Waals surface area contributed by atoms with Gasteiger partial charge in [-0.1, -0.05) is 18.5 Å². The highest BCUT2D eigenvalue weighted by molar-refractivity contribution is 7.98. The van der Waals surface area contributed by atoms with Gasteiger partial charge in [0.2, 0.25) is 0 Å². The lowest BCUT2D eigenvalue weighted by atomic mass is 9.95.